The van der Waals surface area contributed by atoms with Gasteiger partial charge in [0, 0.05) is 16.6 Å². The van der Waals surface area contributed by atoms with Crippen LogP contribution < -0.4 is 5.32 Å². The molecule has 0 aliphatic heterocycles. The number of rotatable bonds is 3. The summed E-state index contributed by atoms with van der Waals surface area (Å²) in [5.41, 5.74) is 3.37. The van der Waals surface area contributed by atoms with Crippen LogP contribution in [-0.2, 0) is 6.42 Å². The first-order valence-electron chi connectivity index (χ1n) is 7.21. The van der Waals surface area contributed by atoms with Crippen molar-refractivity contribution >= 4 is 22.6 Å². The highest BCUT2D eigenvalue weighted by atomic mass is 16.3. The normalized spacial score (nSPS) is 10.8. The average molecular weight is 295 g/mol. The van der Waals surface area contributed by atoms with Gasteiger partial charge in [0.15, 0.2) is 5.76 Å². The number of furan rings is 1. The molecular weight excluding hydrogens is 278 g/mol. The number of benzene rings is 2. The Balaban J connectivity index is 1.93. The summed E-state index contributed by atoms with van der Waals surface area (Å²) in [5, 5.41) is 13.0. The van der Waals surface area contributed by atoms with E-state index in [1.165, 1.54) is 17.7 Å². The summed E-state index contributed by atoms with van der Waals surface area (Å²) in [5.74, 6) is 0.179. The van der Waals surface area contributed by atoms with Gasteiger partial charge in [0.05, 0.1) is 0 Å². The maximum absolute atomic E-state index is 12.4. The van der Waals surface area contributed by atoms with Crippen LogP contribution in [0.3, 0.4) is 0 Å². The summed E-state index contributed by atoms with van der Waals surface area (Å²) in [6.45, 7) is 3.98. The van der Waals surface area contributed by atoms with E-state index in [-0.39, 0.29) is 11.7 Å². The Morgan fingerprint density at radius 1 is 1.18 bits per heavy atom. The monoisotopic (exact) mass is 295 g/mol. The first-order valence-corrected chi connectivity index (χ1v) is 7.21. The van der Waals surface area contributed by atoms with Crippen LogP contribution in [0.15, 0.2) is 46.9 Å². The number of nitrogens with one attached hydrogen (secondary N) is 1. The Hall–Kier alpha value is -2.75. The fourth-order valence-corrected chi connectivity index (χ4v) is 2.44. The van der Waals surface area contributed by atoms with Crippen LogP contribution in [0.5, 0.6) is 5.75 Å². The van der Waals surface area contributed by atoms with Crippen molar-refractivity contribution in [2.75, 3.05) is 5.32 Å². The summed E-state index contributed by atoms with van der Waals surface area (Å²) in [4.78, 5) is 12.4. The highest BCUT2D eigenvalue weighted by Crippen LogP contribution is 2.27. The minimum Gasteiger partial charge on any atom is -0.508 e. The lowest BCUT2D eigenvalue weighted by Gasteiger charge is -2.03. The van der Waals surface area contributed by atoms with Crippen LogP contribution in [0.25, 0.3) is 11.0 Å². The van der Waals surface area contributed by atoms with Crippen molar-refractivity contribution in [1.82, 2.24) is 0 Å². The van der Waals surface area contributed by atoms with Gasteiger partial charge in [0.2, 0.25) is 0 Å². The van der Waals surface area contributed by atoms with Crippen LogP contribution in [-0.4, -0.2) is 11.0 Å². The molecular formula is C18H17NO3. The molecule has 4 heteroatoms. The first-order chi connectivity index (χ1) is 10.6. The third kappa shape index (κ3) is 2.55. The molecule has 0 saturated heterocycles. The van der Waals surface area contributed by atoms with Gasteiger partial charge in [0.1, 0.15) is 11.3 Å². The van der Waals surface area contributed by atoms with Gasteiger partial charge in [-0.05, 0) is 55.3 Å². The van der Waals surface area contributed by atoms with E-state index in [0.29, 0.717) is 17.0 Å². The van der Waals surface area contributed by atoms with E-state index in [9.17, 15) is 9.90 Å². The minimum atomic E-state index is -0.294. The fraction of sp³-hybridized carbons (Fsp3) is 0.167. The average Bonchev–Trinajstić information content (AvgIpc) is 2.86. The number of aryl methyl sites for hydroxylation is 2. The summed E-state index contributed by atoms with van der Waals surface area (Å²) < 4.78 is 5.69. The molecule has 2 aromatic carbocycles. The smallest absolute Gasteiger partial charge is 0.291 e. The first kappa shape index (κ1) is 14.2. The number of fused-ring (bicyclic) bond motifs is 1. The highest BCUT2D eigenvalue weighted by Gasteiger charge is 2.18. The molecule has 3 rings (SSSR count). The molecule has 0 saturated carbocycles. The van der Waals surface area contributed by atoms with Crippen LogP contribution in [0.4, 0.5) is 5.69 Å². The molecule has 3 aromatic rings. The zero-order valence-corrected chi connectivity index (χ0v) is 12.5. The second-order valence-electron chi connectivity index (χ2n) is 5.24. The topological polar surface area (TPSA) is 62.5 Å². The number of amides is 1. The molecule has 1 aromatic heterocycles. The van der Waals surface area contributed by atoms with E-state index in [1.807, 2.05) is 19.1 Å². The molecule has 0 spiro atoms. The summed E-state index contributed by atoms with van der Waals surface area (Å²) >= 11 is 0. The maximum atomic E-state index is 12.4. The molecule has 0 bridgehead atoms. The van der Waals surface area contributed by atoms with Crippen molar-refractivity contribution in [3.05, 3.63) is 59.4 Å². The second kappa shape index (κ2) is 5.56. The highest BCUT2D eigenvalue weighted by molar-refractivity contribution is 6.06. The number of carbonyl (C=O) groups is 1. The van der Waals surface area contributed by atoms with Gasteiger partial charge in [-0.3, -0.25) is 4.79 Å². The molecule has 0 aliphatic rings. The number of anilines is 1. The molecule has 1 amide bonds. The Morgan fingerprint density at radius 2 is 1.91 bits per heavy atom. The zero-order chi connectivity index (χ0) is 15.7. The van der Waals surface area contributed by atoms with Gasteiger partial charge in [0.25, 0.3) is 5.91 Å². The number of phenolic OH excluding ortho intramolecular Hbond substituents is 1. The van der Waals surface area contributed by atoms with E-state index >= 15 is 0 Å². The molecule has 112 valence electrons. The number of carbonyl (C=O) groups excluding carboxylic acids is 1. The summed E-state index contributed by atoms with van der Waals surface area (Å²) in [6.07, 6.45) is 0.940. The Kier molecular flexibility index (Phi) is 3.59. The predicted octanol–water partition coefficient (Wildman–Crippen LogP) is 4.26. The molecule has 1 heterocycles. The quantitative estimate of drug-likeness (QED) is 0.710. The van der Waals surface area contributed by atoms with Crippen molar-refractivity contribution in [2.45, 2.75) is 20.3 Å². The number of aromatic hydroxyl groups is 1. The van der Waals surface area contributed by atoms with Crippen LogP contribution in [0, 0.1) is 6.92 Å². The lowest BCUT2D eigenvalue weighted by atomic mass is 10.1. The van der Waals surface area contributed by atoms with Crippen molar-refractivity contribution in [3.8, 4) is 5.75 Å². The van der Waals surface area contributed by atoms with Crippen molar-refractivity contribution < 1.29 is 14.3 Å². The van der Waals surface area contributed by atoms with E-state index in [0.717, 1.165) is 17.4 Å². The Bertz CT molecular complexity index is 831. The predicted molar refractivity (Wildman–Crippen MR) is 86.4 cm³/mol. The minimum absolute atomic E-state index is 0.157. The van der Waals surface area contributed by atoms with Gasteiger partial charge >= 0.3 is 0 Å². The zero-order valence-electron chi connectivity index (χ0n) is 12.5. The number of phenols is 1. The number of hydrogen-bond donors (Lipinski definition) is 2. The van der Waals surface area contributed by atoms with E-state index in [4.69, 9.17) is 4.42 Å². The third-order valence-corrected chi connectivity index (χ3v) is 3.74. The molecule has 0 unspecified atom stereocenters. The van der Waals surface area contributed by atoms with Crippen LogP contribution in [0.1, 0.15) is 28.6 Å². The molecule has 2 N–H and O–H groups in total. The lowest BCUT2D eigenvalue weighted by Crippen LogP contribution is -2.11. The SMILES string of the molecule is CCc1ccc2oc(C(=O)Nc3ccc(O)cc3)c(C)c2c1. The van der Waals surface area contributed by atoms with Gasteiger partial charge in [-0.1, -0.05) is 13.0 Å². The van der Waals surface area contributed by atoms with Crippen molar-refractivity contribution in [2.24, 2.45) is 0 Å². The summed E-state index contributed by atoms with van der Waals surface area (Å²) in [6, 6.07) is 12.3. The molecule has 0 radical (unpaired) electrons. The standard InChI is InChI=1S/C18H17NO3/c1-3-12-4-9-16-15(10-12)11(2)17(22-16)18(21)19-13-5-7-14(20)8-6-13/h4-10,20H,3H2,1-2H3,(H,19,21). The number of hydrogen-bond acceptors (Lipinski definition) is 3. The molecule has 0 aliphatic carbocycles. The molecule has 4 nitrogen and oxygen atoms in total. The van der Waals surface area contributed by atoms with E-state index < -0.39 is 0 Å². The maximum Gasteiger partial charge on any atom is 0.291 e. The Morgan fingerprint density at radius 3 is 2.59 bits per heavy atom. The van der Waals surface area contributed by atoms with Gasteiger partial charge in [-0.15, -0.1) is 0 Å². The van der Waals surface area contributed by atoms with Crippen LogP contribution >= 0.6 is 0 Å². The largest absolute Gasteiger partial charge is 0.508 e. The lowest BCUT2D eigenvalue weighted by molar-refractivity contribution is 0.0998. The fourth-order valence-electron chi connectivity index (χ4n) is 2.44. The third-order valence-electron chi connectivity index (χ3n) is 3.74. The second-order valence-corrected chi connectivity index (χ2v) is 5.24. The van der Waals surface area contributed by atoms with E-state index in [1.54, 1.807) is 12.1 Å². The molecule has 0 atom stereocenters. The van der Waals surface area contributed by atoms with Crippen molar-refractivity contribution in [1.29, 1.82) is 0 Å². The summed E-state index contributed by atoms with van der Waals surface area (Å²) in [7, 11) is 0. The van der Waals surface area contributed by atoms with Crippen molar-refractivity contribution in [3.63, 3.8) is 0 Å². The van der Waals surface area contributed by atoms with E-state index in [2.05, 4.69) is 18.3 Å². The van der Waals surface area contributed by atoms with Gasteiger partial charge in [-0.2, -0.15) is 0 Å². The van der Waals surface area contributed by atoms with Gasteiger partial charge < -0.3 is 14.8 Å². The van der Waals surface area contributed by atoms with Gasteiger partial charge in [-0.25, -0.2) is 0 Å². The molecule has 0 fully saturated rings. The Labute approximate surface area is 128 Å². The molecule has 22 heavy (non-hydrogen) atoms. The van der Waals surface area contributed by atoms with Crippen LogP contribution in [0.2, 0.25) is 0 Å².